The Bertz CT molecular complexity index is 1360. The number of nitrogens with zero attached hydrogens (tertiary/aromatic N) is 3. The van der Waals surface area contributed by atoms with E-state index in [0.717, 1.165) is 12.3 Å². The number of hydrogen-bond acceptors (Lipinski definition) is 9. The molecule has 3 aromatic rings. The summed E-state index contributed by atoms with van der Waals surface area (Å²) in [6.45, 7) is 3.31. The summed E-state index contributed by atoms with van der Waals surface area (Å²) < 4.78 is 49.3. The van der Waals surface area contributed by atoms with Crippen molar-refractivity contribution in [3.8, 4) is 23.3 Å². The van der Waals surface area contributed by atoms with Gasteiger partial charge in [-0.3, -0.25) is 9.69 Å². The number of carbonyl (C=O) groups is 1. The summed E-state index contributed by atoms with van der Waals surface area (Å²) in [7, 11) is -3.55. The fraction of sp³-hybridized carbons (Fsp3) is 0.320. The van der Waals surface area contributed by atoms with Gasteiger partial charge >= 0.3 is 0 Å². The number of benzene rings is 2. The van der Waals surface area contributed by atoms with Gasteiger partial charge in [-0.2, -0.15) is 0 Å². The van der Waals surface area contributed by atoms with Gasteiger partial charge in [-0.15, -0.1) is 0 Å². The van der Waals surface area contributed by atoms with E-state index in [1.165, 1.54) is 30.6 Å². The van der Waals surface area contributed by atoms with Crippen LogP contribution < -0.4 is 9.47 Å². The van der Waals surface area contributed by atoms with Crippen molar-refractivity contribution in [1.29, 1.82) is 0 Å². The van der Waals surface area contributed by atoms with E-state index in [4.69, 9.17) is 9.47 Å². The van der Waals surface area contributed by atoms with E-state index in [1.54, 1.807) is 19.1 Å². The van der Waals surface area contributed by atoms with E-state index in [2.05, 4.69) is 14.9 Å². The third kappa shape index (κ3) is 6.16. The molecular formula is C25H26FN3O6S. The Morgan fingerprint density at radius 2 is 1.78 bits per heavy atom. The van der Waals surface area contributed by atoms with E-state index in [1.807, 2.05) is 0 Å². The van der Waals surface area contributed by atoms with Gasteiger partial charge in [0.1, 0.15) is 18.2 Å². The Morgan fingerprint density at radius 1 is 1.11 bits per heavy atom. The molecule has 0 saturated carbocycles. The first-order valence-corrected chi connectivity index (χ1v) is 13.2. The van der Waals surface area contributed by atoms with Crippen LogP contribution in [0.1, 0.15) is 28.8 Å². The van der Waals surface area contributed by atoms with Gasteiger partial charge in [0.2, 0.25) is 11.8 Å². The number of phenolic OH excluding ortho intramolecular Hbond substituents is 1. The molecule has 1 aliphatic rings. The lowest BCUT2D eigenvalue weighted by Gasteiger charge is -2.31. The fourth-order valence-corrected chi connectivity index (χ4v) is 4.46. The molecule has 2 heterocycles. The average Bonchev–Trinajstić information content (AvgIpc) is 2.83. The van der Waals surface area contributed by atoms with Crippen LogP contribution in [0.2, 0.25) is 0 Å². The van der Waals surface area contributed by atoms with Gasteiger partial charge < -0.3 is 14.6 Å². The number of phenols is 1. The summed E-state index contributed by atoms with van der Waals surface area (Å²) in [5.74, 6) is -0.475. The Balaban J connectivity index is 1.35. The molecule has 9 nitrogen and oxygen atoms in total. The van der Waals surface area contributed by atoms with Gasteiger partial charge in [-0.25, -0.2) is 22.8 Å². The fourth-order valence-electron chi connectivity index (χ4n) is 3.82. The van der Waals surface area contributed by atoms with Crippen molar-refractivity contribution in [2.45, 2.75) is 30.8 Å². The molecule has 0 unspecified atom stereocenters. The monoisotopic (exact) mass is 515 g/mol. The molecule has 1 aromatic heterocycles. The number of aromatic nitrogens is 2. The van der Waals surface area contributed by atoms with E-state index >= 15 is 0 Å². The normalized spacial score (nSPS) is 15.0. The molecule has 1 N–H and O–H groups in total. The quantitative estimate of drug-likeness (QED) is 0.449. The Labute approximate surface area is 208 Å². The lowest BCUT2D eigenvalue weighted by Crippen LogP contribution is -2.41. The van der Waals surface area contributed by atoms with Crippen molar-refractivity contribution in [2.75, 3.05) is 25.9 Å². The maximum Gasteiger partial charge on any atom is 0.229 e. The summed E-state index contributed by atoms with van der Waals surface area (Å²) in [5, 5.41) is 9.38. The molecule has 0 spiro atoms. The standard InChI is InChI=1S/C25H26FN3O6S/c1-16-24(27-15-28-25(16)35-23-8-7-20(13-21(23)26)36(2,32)33)34-19-9-11-29(12-10-19)14-22(31)17-3-5-18(30)6-4-17/h3-8,13,15,19,30H,9-12,14H2,1-2H3. The van der Waals surface area contributed by atoms with Crippen molar-refractivity contribution in [3.63, 3.8) is 0 Å². The molecule has 0 radical (unpaired) electrons. The first-order chi connectivity index (χ1) is 17.1. The molecule has 0 bridgehead atoms. The first-order valence-electron chi connectivity index (χ1n) is 11.3. The minimum absolute atomic E-state index is 0.0143. The van der Waals surface area contributed by atoms with Gasteiger partial charge in [-0.05, 0) is 62.2 Å². The summed E-state index contributed by atoms with van der Waals surface area (Å²) in [5.41, 5.74) is 1.03. The largest absolute Gasteiger partial charge is 0.508 e. The van der Waals surface area contributed by atoms with Crippen LogP contribution in [0.4, 0.5) is 4.39 Å². The molecule has 1 fully saturated rings. The topological polar surface area (TPSA) is 119 Å². The number of carbonyl (C=O) groups excluding carboxylic acids is 1. The smallest absolute Gasteiger partial charge is 0.229 e. The highest BCUT2D eigenvalue weighted by Crippen LogP contribution is 2.31. The third-order valence-electron chi connectivity index (χ3n) is 5.90. The SMILES string of the molecule is Cc1c(Oc2ccc(S(C)(=O)=O)cc2F)ncnc1OC1CCN(CC(=O)c2ccc(O)cc2)CC1. The zero-order chi connectivity index (χ0) is 25.9. The molecule has 2 aromatic carbocycles. The van der Waals surface area contributed by atoms with Crippen molar-refractivity contribution >= 4 is 15.6 Å². The number of rotatable bonds is 8. The maximum absolute atomic E-state index is 14.4. The highest BCUT2D eigenvalue weighted by molar-refractivity contribution is 7.90. The molecular weight excluding hydrogens is 489 g/mol. The van der Waals surface area contributed by atoms with Gasteiger partial charge in [0.15, 0.2) is 27.2 Å². The molecule has 36 heavy (non-hydrogen) atoms. The Kier molecular flexibility index (Phi) is 7.51. The van der Waals surface area contributed by atoms with Crippen LogP contribution >= 0.6 is 0 Å². The van der Waals surface area contributed by atoms with Crippen LogP contribution in [0.3, 0.4) is 0 Å². The molecule has 4 rings (SSSR count). The molecule has 1 saturated heterocycles. The summed E-state index contributed by atoms with van der Waals surface area (Å²) in [6.07, 6.45) is 3.50. The average molecular weight is 516 g/mol. The van der Waals surface area contributed by atoms with E-state index in [-0.39, 0.29) is 40.7 Å². The number of ketones is 1. The second-order valence-electron chi connectivity index (χ2n) is 8.64. The minimum Gasteiger partial charge on any atom is -0.508 e. The molecule has 0 aliphatic carbocycles. The highest BCUT2D eigenvalue weighted by atomic mass is 32.2. The summed E-state index contributed by atoms with van der Waals surface area (Å²) in [6, 6.07) is 9.61. The second kappa shape index (κ2) is 10.6. The van der Waals surface area contributed by atoms with Gasteiger partial charge in [-0.1, -0.05) is 0 Å². The van der Waals surface area contributed by atoms with E-state index in [0.29, 0.717) is 42.9 Å². The van der Waals surface area contributed by atoms with Gasteiger partial charge in [0.05, 0.1) is 17.0 Å². The molecule has 0 atom stereocenters. The summed E-state index contributed by atoms with van der Waals surface area (Å²) >= 11 is 0. The molecule has 0 amide bonds. The number of hydrogen-bond donors (Lipinski definition) is 1. The van der Waals surface area contributed by atoms with Crippen LogP contribution in [0.25, 0.3) is 0 Å². The Hall–Kier alpha value is -3.57. The van der Waals surface area contributed by atoms with Crippen LogP contribution in [0.5, 0.6) is 23.3 Å². The van der Waals surface area contributed by atoms with E-state index in [9.17, 15) is 22.7 Å². The number of piperidine rings is 1. The second-order valence-corrected chi connectivity index (χ2v) is 10.7. The minimum atomic E-state index is -3.55. The zero-order valence-corrected chi connectivity index (χ0v) is 20.7. The van der Waals surface area contributed by atoms with Gasteiger partial charge in [0, 0.05) is 24.9 Å². The van der Waals surface area contributed by atoms with Crippen molar-refractivity contribution in [1.82, 2.24) is 14.9 Å². The number of halogens is 1. The lowest BCUT2D eigenvalue weighted by atomic mass is 10.1. The molecule has 1 aliphatic heterocycles. The number of ether oxygens (including phenoxy) is 2. The molecule has 190 valence electrons. The van der Waals surface area contributed by atoms with Crippen LogP contribution in [-0.2, 0) is 9.84 Å². The summed E-state index contributed by atoms with van der Waals surface area (Å²) in [4.78, 5) is 22.6. The number of aromatic hydroxyl groups is 1. The molecule has 11 heteroatoms. The van der Waals surface area contributed by atoms with Crippen molar-refractivity contribution in [2.24, 2.45) is 0 Å². The third-order valence-corrected chi connectivity index (χ3v) is 7.01. The van der Waals surface area contributed by atoms with Crippen LogP contribution in [-0.4, -0.2) is 66.2 Å². The number of sulfone groups is 1. The number of Topliss-reactive ketones (excluding diaryl/α,β-unsaturated/α-hetero) is 1. The van der Waals surface area contributed by atoms with Crippen molar-refractivity contribution in [3.05, 3.63) is 65.7 Å². The lowest BCUT2D eigenvalue weighted by molar-refractivity contribution is 0.0774. The highest BCUT2D eigenvalue weighted by Gasteiger charge is 2.24. The Morgan fingerprint density at radius 3 is 2.42 bits per heavy atom. The maximum atomic E-state index is 14.4. The zero-order valence-electron chi connectivity index (χ0n) is 19.8. The van der Waals surface area contributed by atoms with Crippen LogP contribution in [0.15, 0.2) is 53.7 Å². The predicted molar refractivity (Wildman–Crippen MR) is 129 cm³/mol. The first kappa shape index (κ1) is 25.5. The number of likely N-dealkylation sites (tertiary alicyclic amines) is 1. The van der Waals surface area contributed by atoms with Gasteiger partial charge in [0.25, 0.3) is 0 Å². The van der Waals surface area contributed by atoms with E-state index < -0.39 is 15.7 Å². The van der Waals surface area contributed by atoms with Crippen molar-refractivity contribution < 1.29 is 32.2 Å². The predicted octanol–water partition coefficient (Wildman–Crippen LogP) is 3.55. The van der Waals surface area contributed by atoms with Crippen LogP contribution in [0, 0.1) is 12.7 Å².